The predicted octanol–water partition coefficient (Wildman–Crippen LogP) is 2.50. The van der Waals surface area contributed by atoms with E-state index in [1.54, 1.807) is 11.8 Å². The average molecular weight is 238 g/mol. The van der Waals surface area contributed by atoms with E-state index in [1.807, 2.05) is 0 Å². The van der Waals surface area contributed by atoms with Crippen molar-refractivity contribution in [3.8, 4) is 0 Å². The van der Waals surface area contributed by atoms with Crippen molar-refractivity contribution < 1.29 is 0 Å². The zero-order chi connectivity index (χ0) is 11.6. The lowest BCUT2D eigenvalue weighted by Crippen LogP contribution is -2.21. The molecule has 90 valence electrons. The number of nitrogens with one attached hydrogen (secondary N) is 2. The van der Waals surface area contributed by atoms with Gasteiger partial charge < -0.3 is 10.6 Å². The molecule has 2 nitrogen and oxygen atoms in total. The van der Waals surface area contributed by atoms with Crippen LogP contribution in [0, 0.1) is 0 Å². The van der Waals surface area contributed by atoms with Gasteiger partial charge in [-0.15, -0.1) is 11.8 Å². The standard InChI is InChI=1S/C13H22N2S/c1-3-14-9-4-10-15-11-12-5-7-13(16-2)8-6-12/h5-8,14-15H,3-4,9-11H2,1-2H3. The summed E-state index contributed by atoms with van der Waals surface area (Å²) >= 11 is 1.79. The van der Waals surface area contributed by atoms with E-state index in [2.05, 4.69) is 48.1 Å². The molecule has 0 spiro atoms. The SMILES string of the molecule is CCNCCCNCc1ccc(SC)cc1. The summed E-state index contributed by atoms with van der Waals surface area (Å²) in [7, 11) is 0. The highest BCUT2D eigenvalue weighted by Gasteiger charge is 1.93. The summed E-state index contributed by atoms with van der Waals surface area (Å²) in [6.07, 6.45) is 3.30. The van der Waals surface area contributed by atoms with Gasteiger partial charge in [0.25, 0.3) is 0 Å². The highest BCUT2D eigenvalue weighted by atomic mass is 32.2. The Morgan fingerprint density at radius 2 is 1.75 bits per heavy atom. The van der Waals surface area contributed by atoms with Crippen LogP contribution < -0.4 is 10.6 Å². The van der Waals surface area contributed by atoms with Crippen LogP contribution in [0.25, 0.3) is 0 Å². The first-order valence-corrected chi connectivity index (χ1v) is 7.13. The summed E-state index contributed by atoms with van der Waals surface area (Å²) < 4.78 is 0. The molecule has 1 aromatic rings. The Labute approximate surface area is 103 Å². The molecule has 0 amide bonds. The molecule has 0 unspecified atom stereocenters. The minimum atomic E-state index is 0.973. The molecule has 0 aromatic heterocycles. The van der Waals surface area contributed by atoms with Crippen LogP contribution in [0.2, 0.25) is 0 Å². The Morgan fingerprint density at radius 3 is 2.38 bits per heavy atom. The van der Waals surface area contributed by atoms with Gasteiger partial charge in [0.2, 0.25) is 0 Å². The van der Waals surface area contributed by atoms with E-state index in [1.165, 1.54) is 16.9 Å². The molecule has 2 N–H and O–H groups in total. The summed E-state index contributed by atoms with van der Waals surface area (Å²) in [5.74, 6) is 0. The van der Waals surface area contributed by atoms with Gasteiger partial charge in [-0.25, -0.2) is 0 Å². The molecule has 16 heavy (non-hydrogen) atoms. The van der Waals surface area contributed by atoms with Crippen molar-refractivity contribution in [1.29, 1.82) is 0 Å². The smallest absolute Gasteiger partial charge is 0.0205 e. The Bertz CT molecular complexity index is 272. The lowest BCUT2D eigenvalue weighted by atomic mass is 10.2. The van der Waals surface area contributed by atoms with Gasteiger partial charge in [-0.2, -0.15) is 0 Å². The van der Waals surface area contributed by atoms with Crippen LogP contribution in [0.4, 0.5) is 0 Å². The van der Waals surface area contributed by atoms with Crippen LogP contribution in [-0.2, 0) is 6.54 Å². The second kappa shape index (κ2) is 8.62. The van der Waals surface area contributed by atoms with E-state index in [-0.39, 0.29) is 0 Å². The fourth-order valence-electron chi connectivity index (χ4n) is 1.49. The van der Waals surface area contributed by atoms with Gasteiger partial charge in [-0.3, -0.25) is 0 Å². The molecule has 0 fully saturated rings. The first-order valence-electron chi connectivity index (χ1n) is 5.91. The molecule has 3 heteroatoms. The number of hydrogen-bond acceptors (Lipinski definition) is 3. The first-order chi connectivity index (χ1) is 7.86. The van der Waals surface area contributed by atoms with Crippen LogP contribution in [0.1, 0.15) is 18.9 Å². The minimum Gasteiger partial charge on any atom is -0.317 e. The van der Waals surface area contributed by atoms with Gasteiger partial charge in [-0.05, 0) is 50.0 Å². The van der Waals surface area contributed by atoms with E-state index in [0.717, 1.165) is 26.2 Å². The summed E-state index contributed by atoms with van der Waals surface area (Å²) in [6.45, 7) is 6.36. The van der Waals surface area contributed by atoms with Crippen molar-refractivity contribution in [2.24, 2.45) is 0 Å². The van der Waals surface area contributed by atoms with E-state index < -0.39 is 0 Å². The predicted molar refractivity (Wildman–Crippen MR) is 73.1 cm³/mol. The largest absolute Gasteiger partial charge is 0.317 e. The number of benzene rings is 1. The maximum absolute atomic E-state index is 3.45. The lowest BCUT2D eigenvalue weighted by Gasteiger charge is -2.06. The second-order valence-corrected chi connectivity index (χ2v) is 4.61. The van der Waals surface area contributed by atoms with Gasteiger partial charge in [0, 0.05) is 11.4 Å². The number of thioether (sulfide) groups is 1. The summed E-state index contributed by atoms with van der Waals surface area (Å²) in [5, 5.41) is 6.77. The fraction of sp³-hybridized carbons (Fsp3) is 0.538. The molecule has 1 aromatic carbocycles. The molecule has 0 heterocycles. The highest BCUT2D eigenvalue weighted by Crippen LogP contribution is 2.14. The van der Waals surface area contributed by atoms with Gasteiger partial charge in [0.15, 0.2) is 0 Å². The van der Waals surface area contributed by atoms with Crippen molar-refractivity contribution in [3.05, 3.63) is 29.8 Å². The monoisotopic (exact) mass is 238 g/mol. The molecule has 0 radical (unpaired) electrons. The second-order valence-electron chi connectivity index (χ2n) is 3.73. The van der Waals surface area contributed by atoms with E-state index in [0.29, 0.717) is 0 Å². The van der Waals surface area contributed by atoms with Crippen LogP contribution in [0.5, 0.6) is 0 Å². The molecule has 0 aliphatic heterocycles. The zero-order valence-corrected chi connectivity index (χ0v) is 11.1. The van der Waals surface area contributed by atoms with Crippen molar-refractivity contribution >= 4 is 11.8 Å². The summed E-state index contributed by atoms with van der Waals surface area (Å²) in [5.41, 5.74) is 1.36. The van der Waals surface area contributed by atoms with Crippen LogP contribution in [0.3, 0.4) is 0 Å². The molecule has 1 rings (SSSR count). The lowest BCUT2D eigenvalue weighted by molar-refractivity contribution is 0.606. The van der Waals surface area contributed by atoms with Gasteiger partial charge in [-0.1, -0.05) is 19.1 Å². The van der Waals surface area contributed by atoms with Crippen LogP contribution in [-0.4, -0.2) is 25.9 Å². The Morgan fingerprint density at radius 1 is 1.06 bits per heavy atom. The molecule has 0 saturated heterocycles. The molecular formula is C13H22N2S. The summed E-state index contributed by atoms with van der Waals surface area (Å²) in [4.78, 5) is 1.33. The third-order valence-corrected chi connectivity index (χ3v) is 3.19. The van der Waals surface area contributed by atoms with Crippen molar-refractivity contribution in [2.75, 3.05) is 25.9 Å². The molecule has 0 atom stereocenters. The van der Waals surface area contributed by atoms with E-state index in [9.17, 15) is 0 Å². The van der Waals surface area contributed by atoms with Gasteiger partial charge in [0.05, 0.1) is 0 Å². The van der Waals surface area contributed by atoms with Gasteiger partial charge in [0.1, 0.15) is 0 Å². The quantitative estimate of drug-likeness (QED) is 0.537. The molecule has 0 bridgehead atoms. The van der Waals surface area contributed by atoms with Crippen molar-refractivity contribution in [3.63, 3.8) is 0 Å². The highest BCUT2D eigenvalue weighted by molar-refractivity contribution is 7.98. The fourth-order valence-corrected chi connectivity index (χ4v) is 1.90. The zero-order valence-electron chi connectivity index (χ0n) is 10.3. The molecule has 0 saturated carbocycles. The summed E-state index contributed by atoms with van der Waals surface area (Å²) in [6, 6.07) is 8.76. The first kappa shape index (κ1) is 13.6. The molecule has 0 aliphatic carbocycles. The molecular weight excluding hydrogens is 216 g/mol. The van der Waals surface area contributed by atoms with Gasteiger partial charge >= 0.3 is 0 Å². The maximum atomic E-state index is 3.45. The van der Waals surface area contributed by atoms with Crippen molar-refractivity contribution in [1.82, 2.24) is 10.6 Å². The maximum Gasteiger partial charge on any atom is 0.0205 e. The third-order valence-electron chi connectivity index (χ3n) is 2.45. The molecule has 0 aliphatic rings. The third kappa shape index (κ3) is 5.54. The van der Waals surface area contributed by atoms with E-state index in [4.69, 9.17) is 0 Å². The Hall–Kier alpha value is -0.510. The minimum absolute atomic E-state index is 0.973. The van der Waals surface area contributed by atoms with Crippen molar-refractivity contribution in [2.45, 2.75) is 24.8 Å². The normalized spacial score (nSPS) is 10.6. The average Bonchev–Trinajstić information content (AvgIpc) is 2.34. The van der Waals surface area contributed by atoms with Crippen LogP contribution >= 0.6 is 11.8 Å². The Kier molecular flexibility index (Phi) is 7.30. The number of hydrogen-bond donors (Lipinski definition) is 2. The van der Waals surface area contributed by atoms with E-state index >= 15 is 0 Å². The Balaban J connectivity index is 2.12. The topological polar surface area (TPSA) is 24.1 Å². The number of rotatable bonds is 8. The van der Waals surface area contributed by atoms with Crippen LogP contribution in [0.15, 0.2) is 29.2 Å².